The molecule has 90 valence electrons. The molecule has 0 saturated heterocycles. The maximum atomic E-state index is 13.0. The van der Waals surface area contributed by atoms with Crippen molar-refractivity contribution in [3.8, 4) is 0 Å². The van der Waals surface area contributed by atoms with Crippen LogP contribution in [0.4, 0.5) is 4.39 Å². The molecule has 0 bridgehead atoms. The number of hydrazine groups is 1. The molecule has 1 atom stereocenters. The van der Waals surface area contributed by atoms with Crippen molar-refractivity contribution in [2.75, 3.05) is 0 Å². The van der Waals surface area contributed by atoms with E-state index in [-0.39, 0.29) is 11.1 Å². The number of nitrogens with two attached hydrogens (primary N) is 1. The molecule has 0 aliphatic rings. The second-order valence-electron chi connectivity index (χ2n) is 3.89. The average Bonchev–Trinajstić information content (AvgIpc) is 2.29. The molecule has 2 nitrogen and oxygen atoms in total. The van der Waals surface area contributed by atoms with E-state index in [0.29, 0.717) is 0 Å². The van der Waals surface area contributed by atoms with E-state index in [1.807, 2.05) is 0 Å². The van der Waals surface area contributed by atoms with Crippen molar-refractivity contribution in [2.45, 2.75) is 38.6 Å². The van der Waals surface area contributed by atoms with Gasteiger partial charge in [-0.05, 0) is 24.1 Å². The normalized spacial score (nSPS) is 12.8. The third-order valence-corrected chi connectivity index (χ3v) is 2.93. The van der Waals surface area contributed by atoms with Gasteiger partial charge in [0.1, 0.15) is 5.82 Å². The Kier molecular flexibility index (Phi) is 5.74. The molecule has 0 fully saturated rings. The van der Waals surface area contributed by atoms with Crippen LogP contribution in [0.2, 0.25) is 5.02 Å². The van der Waals surface area contributed by atoms with Crippen molar-refractivity contribution in [3.05, 3.63) is 34.6 Å². The lowest BCUT2D eigenvalue weighted by atomic mass is 10.0. The lowest BCUT2D eigenvalue weighted by Crippen LogP contribution is -2.28. The van der Waals surface area contributed by atoms with Crippen LogP contribution in [0.15, 0.2) is 18.2 Å². The molecule has 1 rings (SSSR count). The zero-order valence-electron chi connectivity index (χ0n) is 9.47. The van der Waals surface area contributed by atoms with Crippen molar-refractivity contribution in [1.29, 1.82) is 0 Å². The highest BCUT2D eigenvalue weighted by Gasteiger charge is 2.11. The molecule has 1 unspecified atom stereocenters. The smallest absolute Gasteiger partial charge is 0.141 e. The summed E-state index contributed by atoms with van der Waals surface area (Å²) in [6.07, 6.45) is 4.38. The highest BCUT2D eigenvalue weighted by atomic mass is 35.5. The second kappa shape index (κ2) is 6.84. The van der Waals surface area contributed by atoms with Crippen molar-refractivity contribution in [3.63, 3.8) is 0 Å². The van der Waals surface area contributed by atoms with Crippen LogP contribution >= 0.6 is 11.6 Å². The predicted octanol–water partition coefficient (Wildman–Crippen LogP) is 3.56. The van der Waals surface area contributed by atoms with Crippen LogP contribution in [-0.2, 0) is 0 Å². The molecule has 3 N–H and O–H groups in total. The molecule has 1 aromatic carbocycles. The molecule has 0 amide bonds. The maximum absolute atomic E-state index is 13.0. The Labute approximate surface area is 101 Å². The first-order valence-electron chi connectivity index (χ1n) is 5.60. The quantitative estimate of drug-likeness (QED) is 0.456. The van der Waals surface area contributed by atoms with Gasteiger partial charge >= 0.3 is 0 Å². The van der Waals surface area contributed by atoms with Crippen molar-refractivity contribution < 1.29 is 4.39 Å². The summed E-state index contributed by atoms with van der Waals surface area (Å²) < 4.78 is 13.0. The predicted molar refractivity (Wildman–Crippen MR) is 65.6 cm³/mol. The summed E-state index contributed by atoms with van der Waals surface area (Å²) in [6.45, 7) is 2.15. The number of halogens is 2. The zero-order valence-corrected chi connectivity index (χ0v) is 10.2. The van der Waals surface area contributed by atoms with Gasteiger partial charge in [0, 0.05) is 6.04 Å². The van der Waals surface area contributed by atoms with Gasteiger partial charge in [0.25, 0.3) is 0 Å². The van der Waals surface area contributed by atoms with Crippen molar-refractivity contribution in [2.24, 2.45) is 5.84 Å². The summed E-state index contributed by atoms with van der Waals surface area (Å²) in [5.41, 5.74) is 3.68. The van der Waals surface area contributed by atoms with Crippen LogP contribution in [-0.4, -0.2) is 0 Å². The molecule has 0 aromatic heterocycles. The maximum Gasteiger partial charge on any atom is 0.141 e. The molecule has 0 radical (unpaired) electrons. The molecule has 0 heterocycles. The van der Waals surface area contributed by atoms with Gasteiger partial charge in [0.05, 0.1) is 5.02 Å². The number of hydrogen-bond donors (Lipinski definition) is 2. The fraction of sp³-hybridized carbons (Fsp3) is 0.500. The van der Waals surface area contributed by atoms with Crippen LogP contribution in [0, 0.1) is 5.82 Å². The third kappa shape index (κ3) is 3.74. The van der Waals surface area contributed by atoms with Gasteiger partial charge in [0.2, 0.25) is 0 Å². The Bertz CT molecular complexity index is 331. The monoisotopic (exact) mass is 244 g/mol. The number of benzene rings is 1. The van der Waals surface area contributed by atoms with Crippen LogP contribution < -0.4 is 11.3 Å². The highest BCUT2D eigenvalue weighted by molar-refractivity contribution is 6.30. The van der Waals surface area contributed by atoms with Gasteiger partial charge in [-0.3, -0.25) is 11.3 Å². The van der Waals surface area contributed by atoms with E-state index >= 15 is 0 Å². The first kappa shape index (κ1) is 13.4. The molecule has 16 heavy (non-hydrogen) atoms. The summed E-state index contributed by atoms with van der Waals surface area (Å²) in [4.78, 5) is 0. The Hall–Kier alpha value is -0.640. The van der Waals surface area contributed by atoms with Gasteiger partial charge in [-0.2, -0.15) is 0 Å². The lowest BCUT2D eigenvalue weighted by Gasteiger charge is -2.16. The van der Waals surface area contributed by atoms with E-state index in [4.69, 9.17) is 17.4 Å². The first-order chi connectivity index (χ1) is 7.69. The Morgan fingerprint density at radius 2 is 2.19 bits per heavy atom. The van der Waals surface area contributed by atoms with Gasteiger partial charge in [-0.1, -0.05) is 43.9 Å². The molecule has 1 aromatic rings. The summed E-state index contributed by atoms with van der Waals surface area (Å²) >= 11 is 5.73. The van der Waals surface area contributed by atoms with Crippen LogP contribution in [0.3, 0.4) is 0 Å². The fourth-order valence-electron chi connectivity index (χ4n) is 1.67. The van der Waals surface area contributed by atoms with E-state index in [1.54, 1.807) is 12.1 Å². The van der Waals surface area contributed by atoms with Crippen LogP contribution in [0.25, 0.3) is 0 Å². The summed E-state index contributed by atoms with van der Waals surface area (Å²) in [5.74, 6) is 5.09. The molecule has 0 saturated carbocycles. The lowest BCUT2D eigenvalue weighted by molar-refractivity contribution is 0.486. The minimum absolute atomic E-state index is 0.0460. The Morgan fingerprint density at radius 1 is 1.44 bits per heavy atom. The summed E-state index contributed by atoms with van der Waals surface area (Å²) in [6, 6.07) is 4.78. The largest absolute Gasteiger partial charge is 0.271 e. The van der Waals surface area contributed by atoms with E-state index in [1.165, 1.54) is 18.9 Å². The van der Waals surface area contributed by atoms with Crippen LogP contribution in [0.1, 0.15) is 44.2 Å². The van der Waals surface area contributed by atoms with E-state index in [2.05, 4.69) is 12.3 Å². The van der Waals surface area contributed by atoms with Gasteiger partial charge in [-0.15, -0.1) is 0 Å². The van der Waals surface area contributed by atoms with E-state index in [0.717, 1.165) is 18.4 Å². The standard InChI is InChI=1S/C12H18ClFN2/c1-2-3-4-5-12(16-15)9-6-7-11(14)10(13)8-9/h6-8,12,16H,2-5,15H2,1H3. The zero-order chi connectivity index (χ0) is 12.0. The summed E-state index contributed by atoms with van der Waals surface area (Å²) in [5, 5.41) is 0.147. The number of hydrogen-bond acceptors (Lipinski definition) is 2. The van der Waals surface area contributed by atoms with Crippen molar-refractivity contribution >= 4 is 11.6 Å². The summed E-state index contributed by atoms with van der Waals surface area (Å²) in [7, 11) is 0. The molecule has 0 aliphatic heterocycles. The molecule has 0 spiro atoms. The molecule has 0 aliphatic carbocycles. The minimum atomic E-state index is -0.394. The highest BCUT2D eigenvalue weighted by Crippen LogP contribution is 2.23. The number of nitrogens with one attached hydrogen (secondary N) is 1. The Morgan fingerprint density at radius 3 is 2.75 bits per heavy atom. The molecular weight excluding hydrogens is 227 g/mol. The van der Waals surface area contributed by atoms with E-state index < -0.39 is 5.82 Å². The van der Waals surface area contributed by atoms with Crippen molar-refractivity contribution in [1.82, 2.24) is 5.43 Å². The van der Waals surface area contributed by atoms with Crippen LogP contribution in [0.5, 0.6) is 0 Å². The number of unbranched alkanes of at least 4 members (excludes halogenated alkanes) is 2. The number of rotatable bonds is 6. The molecule has 4 heteroatoms. The SMILES string of the molecule is CCCCCC(NN)c1ccc(F)c(Cl)c1. The van der Waals surface area contributed by atoms with E-state index in [9.17, 15) is 4.39 Å². The van der Waals surface area contributed by atoms with Gasteiger partial charge in [0.15, 0.2) is 0 Å². The molecular formula is C12H18ClFN2. The first-order valence-corrected chi connectivity index (χ1v) is 5.98. The third-order valence-electron chi connectivity index (χ3n) is 2.64. The fourth-order valence-corrected chi connectivity index (χ4v) is 1.86. The Balaban J connectivity index is 2.67. The topological polar surface area (TPSA) is 38.0 Å². The van der Waals surface area contributed by atoms with Gasteiger partial charge < -0.3 is 0 Å². The second-order valence-corrected chi connectivity index (χ2v) is 4.30. The minimum Gasteiger partial charge on any atom is -0.271 e. The average molecular weight is 245 g/mol. The van der Waals surface area contributed by atoms with Gasteiger partial charge in [-0.25, -0.2) is 4.39 Å².